The first kappa shape index (κ1) is 10.8. The van der Waals surface area contributed by atoms with Crippen molar-refractivity contribution in [2.75, 3.05) is 18.5 Å². The molecule has 0 spiro atoms. The van der Waals surface area contributed by atoms with Crippen molar-refractivity contribution in [2.24, 2.45) is 5.73 Å². The van der Waals surface area contributed by atoms with Crippen LogP contribution in [0.15, 0.2) is 23.1 Å². The molecule has 0 aromatic heterocycles. The molecule has 2 nitrogen and oxygen atoms in total. The molecule has 1 aromatic carbocycles. The van der Waals surface area contributed by atoms with Crippen LogP contribution < -0.4 is 11.5 Å². The highest BCUT2D eigenvalue weighted by molar-refractivity contribution is 7.98. The smallest absolute Gasteiger partial charge is 0.0452 e. The van der Waals surface area contributed by atoms with Gasteiger partial charge in [0, 0.05) is 22.5 Å². The Balaban J connectivity index is 2.36. The molecule has 0 aliphatic heterocycles. The van der Waals surface area contributed by atoms with Gasteiger partial charge in [0.2, 0.25) is 0 Å². The maximum atomic E-state index is 5.89. The lowest BCUT2D eigenvalue weighted by molar-refractivity contribution is 0.252. The molecule has 1 saturated carbocycles. The van der Waals surface area contributed by atoms with Crippen LogP contribution in [0.25, 0.3) is 0 Å². The zero-order valence-electron chi connectivity index (χ0n) is 9.12. The number of nitrogens with two attached hydrogens (primary N) is 2. The van der Waals surface area contributed by atoms with Crippen molar-refractivity contribution in [3.05, 3.63) is 23.8 Å². The number of benzene rings is 1. The Hall–Kier alpha value is -0.670. The molecule has 3 heteroatoms. The lowest BCUT2D eigenvalue weighted by Crippen LogP contribution is -2.41. The normalized spacial score (nSPS) is 18.5. The number of hydrogen-bond acceptors (Lipinski definition) is 3. The largest absolute Gasteiger partial charge is 0.398 e. The molecule has 1 aromatic rings. The summed E-state index contributed by atoms with van der Waals surface area (Å²) < 4.78 is 0. The predicted octanol–water partition coefficient (Wildman–Crippen LogP) is 2.37. The van der Waals surface area contributed by atoms with Gasteiger partial charge in [-0.05, 0) is 36.8 Å². The van der Waals surface area contributed by atoms with Crippen molar-refractivity contribution < 1.29 is 0 Å². The minimum Gasteiger partial charge on any atom is -0.398 e. The van der Waals surface area contributed by atoms with E-state index in [9.17, 15) is 0 Å². The molecule has 0 heterocycles. The van der Waals surface area contributed by atoms with E-state index in [4.69, 9.17) is 11.5 Å². The van der Waals surface area contributed by atoms with Gasteiger partial charge in [-0.15, -0.1) is 11.8 Å². The highest BCUT2D eigenvalue weighted by Gasteiger charge is 2.37. The Morgan fingerprint density at radius 1 is 1.40 bits per heavy atom. The Bertz CT molecular complexity index is 353. The summed E-state index contributed by atoms with van der Waals surface area (Å²) in [5.41, 5.74) is 14.3. The minimum absolute atomic E-state index is 0.248. The highest BCUT2D eigenvalue weighted by Crippen LogP contribution is 2.44. The van der Waals surface area contributed by atoms with E-state index in [0.29, 0.717) is 0 Å². The van der Waals surface area contributed by atoms with Gasteiger partial charge in [-0.3, -0.25) is 0 Å². The Morgan fingerprint density at radius 2 is 2.13 bits per heavy atom. The van der Waals surface area contributed by atoms with Crippen LogP contribution in [0, 0.1) is 0 Å². The van der Waals surface area contributed by atoms with Crippen molar-refractivity contribution in [1.82, 2.24) is 0 Å². The Kier molecular flexibility index (Phi) is 2.94. The van der Waals surface area contributed by atoms with Crippen LogP contribution in [0.1, 0.15) is 24.8 Å². The van der Waals surface area contributed by atoms with Crippen molar-refractivity contribution >= 4 is 17.4 Å². The molecule has 1 aliphatic carbocycles. The van der Waals surface area contributed by atoms with E-state index in [1.807, 2.05) is 6.07 Å². The fourth-order valence-corrected chi connectivity index (χ4v) is 2.80. The standard InChI is InChI=1S/C12H18N2S/c1-15-11-7-9(3-4-10(11)14)12(8-13)5-2-6-12/h3-4,7H,2,5-6,8,13-14H2,1H3. The zero-order valence-corrected chi connectivity index (χ0v) is 9.94. The van der Waals surface area contributed by atoms with Gasteiger partial charge in [-0.1, -0.05) is 12.5 Å². The molecule has 0 amide bonds. The van der Waals surface area contributed by atoms with Gasteiger partial charge in [-0.25, -0.2) is 0 Å². The van der Waals surface area contributed by atoms with Gasteiger partial charge in [0.25, 0.3) is 0 Å². The quantitative estimate of drug-likeness (QED) is 0.610. The van der Waals surface area contributed by atoms with Crippen LogP contribution in [0.5, 0.6) is 0 Å². The van der Waals surface area contributed by atoms with Gasteiger partial charge < -0.3 is 11.5 Å². The third-order valence-electron chi connectivity index (χ3n) is 3.55. The van der Waals surface area contributed by atoms with Gasteiger partial charge in [-0.2, -0.15) is 0 Å². The van der Waals surface area contributed by atoms with Crippen molar-refractivity contribution in [1.29, 1.82) is 0 Å². The molecule has 0 saturated heterocycles. The monoisotopic (exact) mass is 222 g/mol. The van der Waals surface area contributed by atoms with E-state index in [1.54, 1.807) is 11.8 Å². The Labute approximate surface area is 95.4 Å². The SMILES string of the molecule is CSc1cc(C2(CN)CCC2)ccc1N. The predicted molar refractivity (Wildman–Crippen MR) is 67.2 cm³/mol. The van der Waals surface area contributed by atoms with Crippen molar-refractivity contribution in [3.63, 3.8) is 0 Å². The topological polar surface area (TPSA) is 52.0 Å². The average molecular weight is 222 g/mol. The summed E-state index contributed by atoms with van der Waals surface area (Å²) in [6.45, 7) is 0.755. The average Bonchev–Trinajstić information content (AvgIpc) is 2.19. The molecular weight excluding hydrogens is 204 g/mol. The summed E-state index contributed by atoms with van der Waals surface area (Å²) >= 11 is 1.70. The molecular formula is C12H18N2S. The van der Waals surface area contributed by atoms with Gasteiger partial charge in [0.15, 0.2) is 0 Å². The van der Waals surface area contributed by atoms with Crippen LogP contribution >= 0.6 is 11.8 Å². The van der Waals surface area contributed by atoms with Crippen molar-refractivity contribution in [2.45, 2.75) is 29.6 Å². The third kappa shape index (κ3) is 1.74. The molecule has 1 aliphatic rings. The van der Waals surface area contributed by atoms with E-state index in [2.05, 4.69) is 18.4 Å². The second kappa shape index (κ2) is 4.06. The summed E-state index contributed by atoms with van der Waals surface area (Å²) in [7, 11) is 0. The van der Waals surface area contributed by atoms with E-state index in [-0.39, 0.29) is 5.41 Å². The molecule has 82 valence electrons. The number of hydrogen-bond donors (Lipinski definition) is 2. The van der Waals surface area contributed by atoms with E-state index in [1.165, 1.54) is 29.7 Å². The summed E-state index contributed by atoms with van der Waals surface area (Å²) in [6, 6.07) is 6.37. The third-order valence-corrected chi connectivity index (χ3v) is 4.34. The van der Waals surface area contributed by atoms with Crippen molar-refractivity contribution in [3.8, 4) is 0 Å². The molecule has 1 fully saturated rings. The molecule has 4 N–H and O–H groups in total. The molecule has 15 heavy (non-hydrogen) atoms. The summed E-state index contributed by atoms with van der Waals surface area (Å²) in [5, 5.41) is 0. The van der Waals surface area contributed by atoms with Crippen LogP contribution in [-0.2, 0) is 5.41 Å². The van der Waals surface area contributed by atoms with E-state index >= 15 is 0 Å². The second-order valence-corrected chi connectivity index (χ2v) is 5.14. The van der Waals surface area contributed by atoms with E-state index < -0.39 is 0 Å². The van der Waals surface area contributed by atoms with Crippen LogP contribution in [0.2, 0.25) is 0 Å². The Morgan fingerprint density at radius 3 is 2.60 bits per heavy atom. The number of anilines is 1. The number of rotatable bonds is 3. The first-order valence-corrected chi connectivity index (χ1v) is 6.58. The molecule has 2 rings (SSSR count). The van der Waals surface area contributed by atoms with Crippen LogP contribution in [0.4, 0.5) is 5.69 Å². The molecule has 0 radical (unpaired) electrons. The molecule has 0 unspecified atom stereocenters. The highest BCUT2D eigenvalue weighted by atomic mass is 32.2. The first-order valence-electron chi connectivity index (χ1n) is 5.36. The molecule has 0 bridgehead atoms. The summed E-state index contributed by atoms with van der Waals surface area (Å²) in [4.78, 5) is 1.17. The van der Waals surface area contributed by atoms with Gasteiger partial charge >= 0.3 is 0 Å². The maximum Gasteiger partial charge on any atom is 0.0452 e. The lowest BCUT2D eigenvalue weighted by atomic mass is 9.64. The number of thioether (sulfide) groups is 1. The lowest BCUT2D eigenvalue weighted by Gasteiger charge is -2.41. The van der Waals surface area contributed by atoms with Gasteiger partial charge in [0.05, 0.1) is 0 Å². The summed E-state index contributed by atoms with van der Waals surface area (Å²) in [5.74, 6) is 0. The zero-order chi connectivity index (χ0) is 10.9. The van der Waals surface area contributed by atoms with Gasteiger partial charge in [0.1, 0.15) is 0 Å². The fourth-order valence-electron chi connectivity index (χ4n) is 2.26. The number of nitrogen functional groups attached to an aromatic ring is 1. The van der Waals surface area contributed by atoms with Crippen LogP contribution in [-0.4, -0.2) is 12.8 Å². The fraction of sp³-hybridized carbons (Fsp3) is 0.500. The van der Waals surface area contributed by atoms with E-state index in [0.717, 1.165) is 12.2 Å². The minimum atomic E-state index is 0.248. The summed E-state index contributed by atoms with van der Waals surface area (Å²) in [6.07, 6.45) is 5.81. The first-order chi connectivity index (χ1) is 7.22. The second-order valence-electron chi connectivity index (χ2n) is 4.29. The maximum absolute atomic E-state index is 5.89. The molecule has 0 atom stereocenters. The van der Waals surface area contributed by atoms with Crippen LogP contribution in [0.3, 0.4) is 0 Å².